The van der Waals surface area contributed by atoms with Gasteiger partial charge in [0.15, 0.2) is 0 Å². The van der Waals surface area contributed by atoms with E-state index >= 15 is 0 Å². The summed E-state index contributed by atoms with van der Waals surface area (Å²) in [4.78, 5) is 38.0. The van der Waals surface area contributed by atoms with Crippen molar-refractivity contribution in [3.63, 3.8) is 0 Å². The molecule has 2 heterocycles. The fourth-order valence-electron chi connectivity index (χ4n) is 4.10. The van der Waals surface area contributed by atoms with E-state index in [1.807, 2.05) is 30.3 Å². The third-order valence-corrected chi connectivity index (χ3v) is 5.82. The number of aliphatic hydroxyl groups is 1. The summed E-state index contributed by atoms with van der Waals surface area (Å²) in [5.41, 5.74) is 1.93. The number of ketones is 1. The number of nitro groups is 1. The number of amides is 1. The number of furan rings is 1. The van der Waals surface area contributed by atoms with Crippen LogP contribution >= 0.6 is 0 Å². The number of rotatable bonds is 6. The van der Waals surface area contributed by atoms with E-state index in [4.69, 9.17) is 4.42 Å². The zero-order valence-electron chi connectivity index (χ0n) is 18.7. The van der Waals surface area contributed by atoms with Gasteiger partial charge >= 0.3 is 0 Å². The molecule has 9 nitrogen and oxygen atoms in total. The SMILES string of the molecule is O=C1C(=O)N(c2ccc(Nc3ccccc3)cc2)C(c2ccco2)/C1=C(/O)c1ccc([N+](=O)[O-])cc1. The summed E-state index contributed by atoms with van der Waals surface area (Å²) in [7, 11) is 0. The van der Waals surface area contributed by atoms with Gasteiger partial charge in [0.05, 0.1) is 16.8 Å². The number of Topliss-reactive ketones (excluding diaryl/α,β-unsaturated/α-hetero) is 1. The summed E-state index contributed by atoms with van der Waals surface area (Å²) in [6.45, 7) is 0. The van der Waals surface area contributed by atoms with Crippen molar-refractivity contribution in [1.82, 2.24) is 0 Å². The van der Waals surface area contributed by atoms with E-state index in [0.29, 0.717) is 5.69 Å². The van der Waals surface area contributed by atoms with Gasteiger partial charge in [0.1, 0.15) is 17.6 Å². The van der Waals surface area contributed by atoms with E-state index in [-0.39, 0.29) is 22.6 Å². The van der Waals surface area contributed by atoms with Gasteiger partial charge in [0, 0.05) is 34.8 Å². The van der Waals surface area contributed by atoms with Crippen molar-refractivity contribution in [2.75, 3.05) is 10.2 Å². The van der Waals surface area contributed by atoms with Crippen molar-refractivity contribution in [1.29, 1.82) is 0 Å². The second kappa shape index (κ2) is 9.22. The number of non-ortho nitro benzene ring substituents is 1. The van der Waals surface area contributed by atoms with Gasteiger partial charge in [-0.25, -0.2) is 0 Å². The highest BCUT2D eigenvalue weighted by molar-refractivity contribution is 6.51. The normalized spacial score (nSPS) is 16.8. The van der Waals surface area contributed by atoms with Crippen LogP contribution in [0.25, 0.3) is 5.76 Å². The summed E-state index contributed by atoms with van der Waals surface area (Å²) in [5.74, 6) is -1.89. The topological polar surface area (TPSA) is 126 Å². The fraction of sp³-hybridized carbons (Fsp3) is 0.0370. The van der Waals surface area contributed by atoms with Crippen LogP contribution in [0.3, 0.4) is 0 Å². The minimum atomic E-state index is -1.02. The first-order chi connectivity index (χ1) is 17.4. The highest BCUT2D eigenvalue weighted by atomic mass is 16.6. The molecule has 9 heteroatoms. The summed E-state index contributed by atoms with van der Waals surface area (Å²) < 4.78 is 5.54. The smallest absolute Gasteiger partial charge is 0.300 e. The third-order valence-electron chi connectivity index (χ3n) is 5.82. The maximum atomic E-state index is 13.2. The predicted molar refractivity (Wildman–Crippen MR) is 133 cm³/mol. The Balaban J connectivity index is 1.54. The molecule has 1 aromatic heterocycles. The molecule has 1 aliphatic heterocycles. The van der Waals surface area contributed by atoms with Crippen LogP contribution in [-0.4, -0.2) is 21.7 Å². The van der Waals surface area contributed by atoms with Gasteiger partial charge in [-0.15, -0.1) is 0 Å². The standard InChI is InChI=1S/C27H19N3O6/c31-25(17-8-12-21(13-9-17)30(34)35)23-24(22-7-4-16-36-22)29(27(33)26(23)32)20-14-10-19(11-15-20)28-18-5-2-1-3-6-18/h1-16,24,28,31H/b25-23-. The predicted octanol–water partition coefficient (Wildman–Crippen LogP) is 5.56. The molecule has 1 atom stereocenters. The Hall–Kier alpha value is -5.18. The molecule has 0 bridgehead atoms. The lowest BCUT2D eigenvalue weighted by Gasteiger charge is -2.23. The molecule has 0 aliphatic carbocycles. The Bertz CT molecular complexity index is 1460. The molecule has 0 radical (unpaired) electrons. The number of nitrogens with zero attached hydrogens (tertiary/aromatic N) is 2. The van der Waals surface area contributed by atoms with Crippen LogP contribution in [-0.2, 0) is 9.59 Å². The highest BCUT2D eigenvalue weighted by Crippen LogP contribution is 2.42. The lowest BCUT2D eigenvalue weighted by atomic mass is 9.99. The Kier molecular flexibility index (Phi) is 5.79. The maximum Gasteiger partial charge on any atom is 0.300 e. The van der Waals surface area contributed by atoms with Crippen LogP contribution in [0.2, 0.25) is 0 Å². The van der Waals surface area contributed by atoms with E-state index in [0.717, 1.165) is 11.4 Å². The molecule has 2 N–H and O–H groups in total. The number of aliphatic hydroxyl groups excluding tert-OH is 1. The van der Waals surface area contributed by atoms with Crippen molar-refractivity contribution in [3.8, 4) is 0 Å². The second-order valence-electron chi connectivity index (χ2n) is 8.03. The van der Waals surface area contributed by atoms with E-state index in [9.17, 15) is 24.8 Å². The van der Waals surface area contributed by atoms with Gasteiger partial charge in [-0.2, -0.15) is 0 Å². The third kappa shape index (κ3) is 4.09. The molecule has 1 fully saturated rings. The van der Waals surface area contributed by atoms with Gasteiger partial charge in [0.2, 0.25) is 0 Å². The van der Waals surface area contributed by atoms with Crippen LogP contribution in [0.15, 0.2) is 107 Å². The van der Waals surface area contributed by atoms with E-state index in [1.54, 1.807) is 36.4 Å². The lowest BCUT2D eigenvalue weighted by molar-refractivity contribution is -0.384. The summed E-state index contributed by atoms with van der Waals surface area (Å²) in [5, 5.41) is 25.3. The molecule has 1 unspecified atom stereocenters. The molecule has 178 valence electrons. The van der Waals surface area contributed by atoms with Gasteiger partial charge < -0.3 is 14.8 Å². The number of benzene rings is 3. The number of para-hydroxylation sites is 1. The Morgan fingerprint density at radius 2 is 1.56 bits per heavy atom. The molecule has 1 aliphatic rings. The van der Waals surface area contributed by atoms with E-state index in [1.165, 1.54) is 35.4 Å². The van der Waals surface area contributed by atoms with Gasteiger partial charge in [-0.3, -0.25) is 24.6 Å². The lowest BCUT2D eigenvalue weighted by Crippen LogP contribution is -2.29. The highest BCUT2D eigenvalue weighted by Gasteiger charge is 2.48. The number of hydrogen-bond acceptors (Lipinski definition) is 7. The minimum Gasteiger partial charge on any atom is -0.507 e. The van der Waals surface area contributed by atoms with Gasteiger partial charge in [-0.1, -0.05) is 18.2 Å². The Morgan fingerprint density at radius 1 is 0.889 bits per heavy atom. The number of carbonyl (C=O) groups excluding carboxylic acids is 2. The molecule has 0 spiro atoms. The molecule has 1 amide bonds. The van der Waals surface area contributed by atoms with Crippen molar-refractivity contribution >= 4 is 40.2 Å². The van der Waals surface area contributed by atoms with Gasteiger partial charge in [0.25, 0.3) is 17.4 Å². The van der Waals surface area contributed by atoms with Crippen molar-refractivity contribution in [2.45, 2.75) is 6.04 Å². The summed E-state index contributed by atoms with van der Waals surface area (Å²) in [6, 6.07) is 23.8. The van der Waals surface area contributed by atoms with Gasteiger partial charge in [-0.05, 0) is 60.7 Å². The summed E-state index contributed by atoms with van der Waals surface area (Å²) >= 11 is 0. The molecular formula is C27H19N3O6. The molecule has 1 saturated heterocycles. The summed E-state index contributed by atoms with van der Waals surface area (Å²) in [6.07, 6.45) is 1.41. The number of anilines is 3. The van der Waals surface area contributed by atoms with Crippen LogP contribution in [0, 0.1) is 10.1 Å². The van der Waals surface area contributed by atoms with Crippen molar-refractivity contribution in [2.24, 2.45) is 0 Å². The molecule has 3 aromatic carbocycles. The van der Waals surface area contributed by atoms with E-state index < -0.39 is 28.4 Å². The monoisotopic (exact) mass is 481 g/mol. The average molecular weight is 481 g/mol. The maximum absolute atomic E-state index is 13.2. The zero-order chi connectivity index (χ0) is 25.2. The van der Waals surface area contributed by atoms with Crippen molar-refractivity contribution in [3.05, 3.63) is 124 Å². The quantitative estimate of drug-likeness (QED) is 0.121. The number of nitro benzene ring substituents is 1. The Morgan fingerprint density at radius 3 is 2.17 bits per heavy atom. The largest absolute Gasteiger partial charge is 0.507 e. The minimum absolute atomic E-state index is 0.164. The van der Waals surface area contributed by atoms with Crippen LogP contribution in [0.1, 0.15) is 17.4 Å². The Labute approximate surface area is 205 Å². The fourth-order valence-corrected chi connectivity index (χ4v) is 4.10. The zero-order valence-corrected chi connectivity index (χ0v) is 18.7. The number of nitrogens with one attached hydrogen (secondary N) is 1. The molecule has 36 heavy (non-hydrogen) atoms. The first kappa shape index (κ1) is 22.6. The molecule has 5 rings (SSSR count). The van der Waals surface area contributed by atoms with Crippen LogP contribution in [0.5, 0.6) is 0 Å². The van der Waals surface area contributed by atoms with Crippen LogP contribution in [0.4, 0.5) is 22.7 Å². The molecular weight excluding hydrogens is 462 g/mol. The molecule has 4 aromatic rings. The van der Waals surface area contributed by atoms with Crippen LogP contribution < -0.4 is 10.2 Å². The first-order valence-electron chi connectivity index (χ1n) is 11.0. The van der Waals surface area contributed by atoms with E-state index in [2.05, 4.69) is 5.32 Å². The first-order valence-corrected chi connectivity index (χ1v) is 11.0. The van der Waals surface area contributed by atoms with Crippen molar-refractivity contribution < 1.29 is 24.0 Å². The number of hydrogen-bond donors (Lipinski definition) is 2. The second-order valence-corrected chi connectivity index (χ2v) is 8.03. The average Bonchev–Trinajstić information content (AvgIpc) is 3.52. The molecule has 0 saturated carbocycles. The number of carbonyl (C=O) groups is 2.